The predicted octanol–water partition coefficient (Wildman–Crippen LogP) is 3.79. The number of nitriles is 1. The Balaban J connectivity index is 2.28. The van der Waals surface area contributed by atoms with E-state index in [1.165, 1.54) is 0 Å². The summed E-state index contributed by atoms with van der Waals surface area (Å²) in [7, 11) is 1.56. The molecule has 5 heteroatoms. The van der Waals surface area contributed by atoms with Gasteiger partial charge in [0.2, 0.25) is 5.91 Å². The summed E-state index contributed by atoms with van der Waals surface area (Å²) >= 11 is 3.44. The summed E-state index contributed by atoms with van der Waals surface area (Å²) < 4.78 is 6.19. The van der Waals surface area contributed by atoms with Gasteiger partial charge in [0.1, 0.15) is 11.2 Å². The highest BCUT2D eigenvalue weighted by molar-refractivity contribution is 9.10. The SMILES string of the molecule is COc1cc(C)c(Br)cc1NC(=O)C1(C#N)CCCC1. The maximum atomic E-state index is 12.4. The fourth-order valence-electron chi connectivity index (χ4n) is 2.53. The number of hydrogen-bond acceptors (Lipinski definition) is 3. The van der Waals surface area contributed by atoms with Gasteiger partial charge in [0.05, 0.1) is 18.9 Å². The van der Waals surface area contributed by atoms with Gasteiger partial charge in [-0.25, -0.2) is 0 Å². The zero-order valence-corrected chi connectivity index (χ0v) is 13.2. The Labute approximate surface area is 127 Å². The molecule has 0 heterocycles. The van der Waals surface area contributed by atoms with Crippen molar-refractivity contribution >= 4 is 27.5 Å². The minimum absolute atomic E-state index is 0.230. The third-order valence-corrected chi connectivity index (χ3v) is 4.69. The summed E-state index contributed by atoms with van der Waals surface area (Å²) in [5, 5.41) is 12.2. The molecule has 1 fully saturated rings. The summed E-state index contributed by atoms with van der Waals surface area (Å²) in [5.74, 6) is 0.372. The molecule has 0 aromatic heterocycles. The Kier molecular flexibility index (Phi) is 4.34. The van der Waals surface area contributed by atoms with Crippen molar-refractivity contribution in [1.82, 2.24) is 0 Å². The summed E-state index contributed by atoms with van der Waals surface area (Å²) in [5.41, 5.74) is 0.731. The molecular weight excluding hydrogens is 320 g/mol. The fourth-order valence-corrected chi connectivity index (χ4v) is 2.88. The van der Waals surface area contributed by atoms with Crippen LogP contribution in [0.15, 0.2) is 16.6 Å². The first kappa shape index (κ1) is 14.9. The van der Waals surface area contributed by atoms with Gasteiger partial charge in [0.25, 0.3) is 0 Å². The molecule has 1 N–H and O–H groups in total. The maximum Gasteiger partial charge on any atom is 0.244 e. The quantitative estimate of drug-likeness (QED) is 0.913. The highest BCUT2D eigenvalue weighted by Crippen LogP contribution is 2.40. The molecule has 106 valence electrons. The summed E-state index contributed by atoms with van der Waals surface area (Å²) in [4.78, 5) is 12.4. The average molecular weight is 337 g/mol. The van der Waals surface area contributed by atoms with Gasteiger partial charge in [-0.15, -0.1) is 0 Å². The van der Waals surface area contributed by atoms with Crippen molar-refractivity contribution in [2.24, 2.45) is 5.41 Å². The molecule has 0 unspecified atom stereocenters. The zero-order valence-electron chi connectivity index (χ0n) is 11.6. The molecule has 20 heavy (non-hydrogen) atoms. The maximum absolute atomic E-state index is 12.4. The minimum Gasteiger partial charge on any atom is -0.495 e. The van der Waals surface area contributed by atoms with E-state index in [-0.39, 0.29) is 5.91 Å². The number of amides is 1. The van der Waals surface area contributed by atoms with E-state index in [0.717, 1.165) is 22.9 Å². The van der Waals surface area contributed by atoms with Gasteiger partial charge in [0, 0.05) is 4.47 Å². The Morgan fingerprint density at radius 2 is 2.10 bits per heavy atom. The van der Waals surface area contributed by atoms with Crippen LogP contribution in [0, 0.1) is 23.7 Å². The van der Waals surface area contributed by atoms with Crippen molar-refractivity contribution < 1.29 is 9.53 Å². The van der Waals surface area contributed by atoms with Crippen molar-refractivity contribution in [3.05, 3.63) is 22.2 Å². The topological polar surface area (TPSA) is 62.1 Å². The average Bonchev–Trinajstić information content (AvgIpc) is 2.92. The molecule has 0 bridgehead atoms. The van der Waals surface area contributed by atoms with E-state index in [0.29, 0.717) is 24.3 Å². The lowest BCUT2D eigenvalue weighted by Gasteiger charge is -2.20. The van der Waals surface area contributed by atoms with E-state index in [1.807, 2.05) is 19.1 Å². The first-order valence-corrected chi connectivity index (χ1v) is 7.38. The molecule has 1 aromatic rings. The lowest BCUT2D eigenvalue weighted by atomic mass is 9.87. The van der Waals surface area contributed by atoms with Crippen LogP contribution in [-0.2, 0) is 4.79 Å². The lowest BCUT2D eigenvalue weighted by molar-refractivity contribution is -0.122. The summed E-state index contributed by atoms with van der Waals surface area (Å²) in [6.07, 6.45) is 3.11. The number of rotatable bonds is 3. The molecule has 1 aliphatic carbocycles. The Morgan fingerprint density at radius 3 is 2.65 bits per heavy atom. The largest absolute Gasteiger partial charge is 0.495 e. The molecule has 0 saturated heterocycles. The second-order valence-electron chi connectivity index (χ2n) is 5.16. The van der Waals surface area contributed by atoms with Crippen LogP contribution in [0.3, 0.4) is 0 Å². The third kappa shape index (κ3) is 2.66. The minimum atomic E-state index is -0.887. The molecule has 0 atom stereocenters. The molecule has 1 saturated carbocycles. The molecule has 4 nitrogen and oxygen atoms in total. The van der Waals surface area contributed by atoms with E-state index in [4.69, 9.17) is 4.74 Å². The second-order valence-corrected chi connectivity index (χ2v) is 6.01. The van der Waals surface area contributed by atoms with Gasteiger partial charge in [-0.2, -0.15) is 5.26 Å². The number of methoxy groups -OCH3 is 1. The number of halogens is 1. The number of carbonyl (C=O) groups is 1. The van der Waals surface area contributed by atoms with E-state index in [9.17, 15) is 10.1 Å². The van der Waals surface area contributed by atoms with Crippen molar-refractivity contribution in [1.29, 1.82) is 5.26 Å². The zero-order chi connectivity index (χ0) is 14.8. The van der Waals surface area contributed by atoms with Gasteiger partial charge in [-0.05, 0) is 37.5 Å². The molecule has 2 rings (SSSR count). The lowest BCUT2D eigenvalue weighted by Crippen LogP contribution is -2.32. The standard InChI is InChI=1S/C15H17BrN2O2/c1-10-7-13(20-2)12(8-11(10)16)18-14(19)15(9-17)5-3-4-6-15/h7-8H,3-6H2,1-2H3,(H,18,19). The van der Waals surface area contributed by atoms with Crippen molar-refractivity contribution in [3.8, 4) is 11.8 Å². The van der Waals surface area contributed by atoms with Crippen LogP contribution in [0.4, 0.5) is 5.69 Å². The van der Waals surface area contributed by atoms with Crippen LogP contribution in [0.1, 0.15) is 31.2 Å². The monoisotopic (exact) mass is 336 g/mol. The number of benzene rings is 1. The highest BCUT2D eigenvalue weighted by Gasteiger charge is 2.41. The number of anilines is 1. The molecule has 0 spiro atoms. The molecule has 1 amide bonds. The molecule has 0 radical (unpaired) electrons. The van der Waals surface area contributed by atoms with E-state index in [2.05, 4.69) is 27.3 Å². The number of ether oxygens (including phenoxy) is 1. The predicted molar refractivity (Wildman–Crippen MR) is 80.6 cm³/mol. The van der Waals surface area contributed by atoms with E-state index >= 15 is 0 Å². The van der Waals surface area contributed by atoms with E-state index in [1.54, 1.807) is 7.11 Å². The summed E-state index contributed by atoms with van der Waals surface area (Å²) in [6, 6.07) is 5.86. The molecular formula is C15H17BrN2O2. The van der Waals surface area contributed by atoms with Gasteiger partial charge in [-0.1, -0.05) is 28.8 Å². The number of nitrogens with zero attached hydrogens (tertiary/aromatic N) is 1. The second kappa shape index (κ2) is 5.84. The Bertz CT molecular complexity index is 572. The number of hydrogen-bond donors (Lipinski definition) is 1. The van der Waals surface area contributed by atoms with Crippen LogP contribution in [0.2, 0.25) is 0 Å². The van der Waals surface area contributed by atoms with Crippen LogP contribution < -0.4 is 10.1 Å². The molecule has 1 aromatic carbocycles. The Morgan fingerprint density at radius 1 is 1.45 bits per heavy atom. The van der Waals surface area contributed by atoms with Crippen LogP contribution in [0.25, 0.3) is 0 Å². The number of aryl methyl sites for hydroxylation is 1. The molecule has 1 aliphatic rings. The summed E-state index contributed by atoms with van der Waals surface area (Å²) in [6.45, 7) is 1.95. The van der Waals surface area contributed by atoms with Crippen molar-refractivity contribution in [2.75, 3.05) is 12.4 Å². The van der Waals surface area contributed by atoms with Gasteiger partial charge >= 0.3 is 0 Å². The number of carbonyl (C=O) groups excluding carboxylic acids is 1. The van der Waals surface area contributed by atoms with Gasteiger partial charge in [-0.3, -0.25) is 4.79 Å². The van der Waals surface area contributed by atoms with Crippen LogP contribution in [0.5, 0.6) is 5.75 Å². The first-order valence-electron chi connectivity index (χ1n) is 6.59. The third-order valence-electron chi connectivity index (χ3n) is 3.83. The first-order chi connectivity index (χ1) is 9.52. The highest BCUT2D eigenvalue weighted by atomic mass is 79.9. The van der Waals surface area contributed by atoms with Crippen molar-refractivity contribution in [3.63, 3.8) is 0 Å². The van der Waals surface area contributed by atoms with E-state index < -0.39 is 5.41 Å². The van der Waals surface area contributed by atoms with Crippen LogP contribution >= 0.6 is 15.9 Å². The van der Waals surface area contributed by atoms with Crippen LogP contribution in [-0.4, -0.2) is 13.0 Å². The van der Waals surface area contributed by atoms with Gasteiger partial charge in [0.15, 0.2) is 0 Å². The van der Waals surface area contributed by atoms with Crippen molar-refractivity contribution in [2.45, 2.75) is 32.6 Å². The Hall–Kier alpha value is -1.54. The number of nitrogens with one attached hydrogen (secondary N) is 1. The molecule has 0 aliphatic heterocycles. The normalized spacial score (nSPS) is 16.5. The fraction of sp³-hybridized carbons (Fsp3) is 0.467. The smallest absolute Gasteiger partial charge is 0.244 e. The van der Waals surface area contributed by atoms with Gasteiger partial charge < -0.3 is 10.1 Å².